The van der Waals surface area contributed by atoms with Crippen LogP contribution in [0.25, 0.3) is 4.13 Å². The predicted octanol–water partition coefficient (Wildman–Crippen LogP) is 4.24. The number of aryl methyl sites for hydroxylation is 1. The van der Waals surface area contributed by atoms with E-state index in [4.69, 9.17) is 0 Å². The van der Waals surface area contributed by atoms with Crippen LogP contribution in [0.1, 0.15) is 45.2 Å². The second kappa shape index (κ2) is 12.0. The molecule has 0 radical (unpaired) electrons. The largest absolute Gasteiger partial charge is 0.480 e. The average Bonchev–Trinajstić information content (AvgIpc) is 3.06. The lowest BCUT2D eigenvalue weighted by molar-refractivity contribution is -0.687. The number of alkyl halides is 3. The molecule has 2 rings (SSSR count). The molecule has 12 heteroatoms. The molecule has 0 aliphatic rings. The summed E-state index contributed by atoms with van der Waals surface area (Å²) in [6.45, 7) is 11.1. The Morgan fingerprint density at radius 3 is 1.94 bits per heavy atom. The first kappa shape index (κ1) is 29.1. The minimum atomic E-state index is -5.92. The number of rotatable bonds is 9. The highest BCUT2D eigenvalue weighted by atomic mass is 32.3. The molecular formula is C21H32F3N3O4S2. The molecule has 2 aromatic rings. The van der Waals surface area contributed by atoms with Crippen molar-refractivity contribution < 1.29 is 34.6 Å². The molecule has 0 fully saturated rings. The number of hydrogen-bond donors (Lipinski definition) is 0. The molecule has 188 valence electrons. The molecule has 0 bridgehead atoms. The molecule has 0 unspecified atom stereocenters. The van der Waals surface area contributed by atoms with E-state index in [-0.39, 0.29) is 6.26 Å². The fraction of sp³-hybridized carbons (Fsp3) is 0.571. The van der Waals surface area contributed by atoms with Crippen molar-refractivity contribution in [2.24, 2.45) is 11.8 Å². The first-order chi connectivity index (χ1) is 15.0. The lowest BCUT2D eigenvalue weighted by Crippen LogP contribution is -2.31. The van der Waals surface area contributed by atoms with Crippen LogP contribution >= 0.6 is 0 Å². The summed E-state index contributed by atoms with van der Waals surface area (Å²) in [5.41, 5.74) is -2.86. The van der Waals surface area contributed by atoms with Gasteiger partial charge in [-0.05, 0) is 35.8 Å². The lowest BCUT2D eigenvalue weighted by atomic mass is 10.0. The highest BCUT2D eigenvalue weighted by Crippen LogP contribution is 2.29. The van der Waals surface area contributed by atoms with Crippen molar-refractivity contribution in [3.05, 3.63) is 58.2 Å². The summed E-state index contributed by atoms with van der Waals surface area (Å²) in [6, 6.07) is 9.06. The van der Waals surface area contributed by atoms with Gasteiger partial charge in [-0.1, -0.05) is 52.0 Å². The van der Waals surface area contributed by atoms with E-state index < -0.39 is 25.6 Å². The van der Waals surface area contributed by atoms with E-state index in [2.05, 4.69) is 79.8 Å². The van der Waals surface area contributed by atoms with Gasteiger partial charge in [0.25, 0.3) is 0 Å². The van der Waals surface area contributed by atoms with Crippen molar-refractivity contribution >= 4 is 20.0 Å². The lowest BCUT2D eigenvalue weighted by Gasteiger charge is -2.19. The second-order valence-electron chi connectivity index (χ2n) is 8.65. The summed E-state index contributed by atoms with van der Waals surface area (Å²) in [6.07, 6.45) is 9.20. The molecular weight excluding hydrogens is 479 g/mol. The molecule has 33 heavy (non-hydrogen) atoms. The standard InChI is InChI=1S/C19H29N2.C2H3F3NO4S2/c1-16(2)9-10-20-11-12-21(15-20)14-19-7-5-18(6-8-19)13-17(3)4;1-11(7,8)6-12(9,10)2(3,4)5/h5-8,11-12,15-17H,9-10,13-14H2,1-4H3;1H3/q+1;-1. The molecule has 0 aliphatic carbocycles. The van der Waals surface area contributed by atoms with Crippen molar-refractivity contribution in [2.75, 3.05) is 6.26 Å². The minimum absolute atomic E-state index is 0.246. The van der Waals surface area contributed by atoms with Gasteiger partial charge in [-0.15, -0.1) is 0 Å². The van der Waals surface area contributed by atoms with Crippen molar-refractivity contribution in [3.8, 4) is 0 Å². The van der Waals surface area contributed by atoms with Gasteiger partial charge in [-0.25, -0.2) is 26.0 Å². The molecule has 0 amide bonds. The Balaban J connectivity index is 0.000000389. The Morgan fingerprint density at radius 2 is 1.52 bits per heavy atom. The first-order valence-corrected chi connectivity index (χ1v) is 13.7. The van der Waals surface area contributed by atoms with E-state index in [1.165, 1.54) is 24.0 Å². The van der Waals surface area contributed by atoms with Crippen molar-refractivity contribution in [1.82, 2.24) is 4.57 Å². The third-order valence-electron chi connectivity index (χ3n) is 4.27. The Morgan fingerprint density at radius 1 is 0.970 bits per heavy atom. The molecule has 0 saturated heterocycles. The molecule has 0 spiro atoms. The quantitative estimate of drug-likeness (QED) is 0.471. The van der Waals surface area contributed by atoms with Crippen LogP contribution in [-0.4, -0.2) is 33.2 Å². The molecule has 0 atom stereocenters. The normalized spacial score (nSPS) is 12.7. The zero-order valence-electron chi connectivity index (χ0n) is 19.4. The van der Waals surface area contributed by atoms with Gasteiger partial charge in [0.1, 0.15) is 18.9 Å². The van der Waals surface area contributed by atoms with Crippen LogP contribution in [0.15, 0.2) is 43.0 Å². The topological polar surface area (TPSA) is 91.2 Å². The van der Waals surface area contributed by atoms with E-state index in [9.17, 15) is 30.0 Å². The highest BCUT2D eigenvalue weighted by molar-refractivity contribution is 8.12. The summed E-state index contributed by atoms with van der Waals surface area (Å²) in [4.78, 5) is 0. The van der Waals surface area contributed by atoms with Gasteiger partial charge >= 0.3 is 5.51 Å². The number of aromatic nitrogens is 2. The Labute approximate surface area is 194 Å². The van der Waals surface area contributed by atoms with Gasteiger partial charge < -0.3 is 4.13 Å². The molecule has 1 heterocycles. The van der Waals surface area contributed by atoms with Crippen molar-refractivity contribution in [1.29, 1.82) is 0 Å². The van der Waals surface area contributed by atoms with Crippen LogP contribution in [0.3, 0.4) is 0 Å². The summed E-state index contributed by atoms with van der Waals surface area (Å²) >= 11 is 0. The van der Waals surface area contributed by atoms with Gasteiger partial charge in [0.05, 0.1) is 16.6 Å². The summed E-state index contributed by atoms with van der Waals surface area (Å²) in [5.74, 6) is 1.48. The second-order valence-corrected chi connectivity index (χ2v) is 12.1. The van der Waals surface area contributed by atoms with Crippen LogP contribution in [0.5, 0.6) is 0 Å². The van der Waals surface area contributed by atoms with E-state index >= 15 is 0 Å². The number of sulfonamides is 2. The fourth-order valence-corrected chi connectivity index (χ4v) is 4.52. The highest BCUT2D eigenvalue weighted by Gasteiger charge is 2.39. The Bertz CT molecular complexity index is 1080. The molecule has 0 saturated carbocycles. The van der Waals surface area contributed by atoms with E-state index in [1.54, 1.807) is 4.13 Å². The van der Waals surface area contributed by atoms with Crippen LogP contribution in [-0.2, 0) is 39.6 Å². The zero-order valence-corrected chi connectivity index (χ0v) is 21.1. The van der Waals surface area contributed by atoms with Crippen LogP contribution in [0.4, 0.5) is 13.2 Å². The number of halogens is 3. The molecule has 0 aliphatic heterocycles. The third-order valence-corrected chi connectivity index (χ3v) is 6.72. The predicted molar refractivity (Wildman–Crippen MR) is 121 cm³/mol. The van der Waals surface area contributed by atoms with Crippen LogP contribution in [0.2, 0.25) is 0 Å². The maximum Gasteiger partial charge on any atom is 0.480 e. The maximum atomic E-state index is 11.4. The SMILES string of the molecule is CC(C)CCn1cc[n+](Cc2ccc(CC(C)C)cc2)c1.CS(=O)(=O)[N-]S(=O)(=O)C(F)(F)F. The number of nitrogens with zero attached hydrogens (tertiary/aromatic N) is 3. The monoisotopic (exact) mass is 511 g/mol. The third kappa shape index (κ3) is 11.7. The summed E-state index contributed by atoms with van der Waals surface area (Å²) in [7, 11) is -10.5. The van der Waals surface area contributed by atoms with Gasteiger partial charge in [0.15, 0.2) is 10.0 Å². The Kier molecular flexibility index (Phi) is 10.6. The minimum Gasteiger partial charge on any atom is -0.429 e. The maximum absolute atomic E-state index is 11.4. The molecule has 1 aromatic heterocycles. The zero-order chi connectivity index (χ0) is 25.4. The Hall–Kier alpha value is -1.92. The van der Waals surface area contributed by atoms with E-state index in [1.807, 2.05) is 0 Å². The number of benzene rings is 1. The number of hydrogen-bond acceptors (Lipinski definition) is 4. The van der Waals surface area contributed by atoms with Gasteiger partial charge in [-0.3, -0.25) is 0 Å². The molecule has 0 N–H and O–H groups in total. The smallest absolute Gasteiger partial charge is 0.429 e. The van der Waals surface area contributed by atoms with Crippen LogP contribution < -0.4 is 4.57 Å². The molecule has 7 nitrogen and oxygen atoms in total. The van der Waals surface area contributed by atoms with E-state index in [0.717, 1.165) is 24.9 Å². The summed E-state index contributed by atoms with van der Waals surface area (Å²) < 4.78 is 80.5. The van der Waals surface area contributed by atoms with Crippen LogP contribution in [0, 0.1) is 11.8 Å². The van der Waals surface area contributed by atoms with Crippen molar-refractivity contribution in [2.45, 2.75) is 59.1 Å². The fourth-order valence-electron chi connectivity index (χ4n) is 2.76. The number of imidazole rings is 1. The van der Waals surface area contributed by atoms with Gasteiger partial charge in [0, 0.05) is 6.26 Å². The van der Waals surface area contributed by atoms with Gasteiger partial charge in [-0.2, -0.15) is 13.2 Å². The molecule has 1 aromatic carbocycles. The summed E-state index contributed by atoms with van der Waals surface area (Å²) in [5, 5.41) is 0. The van der Waals surface area contributed by atoms with Gasteiger partial charge in [0.2, 0.25) is 6.33 Å². The van der Waals surface area contributed by atoms with E-state index in [0.29, 0.717) is 0 Å². The van der Waals surface area contributed by atoms with Crippen molar-refractivity contribution in [3.63, 3.8) is 0 Å². The first-order valence-electron chi connectivity index (χ1n) is 10.4. The average molecular weight is 512 g/mol.